The molecule has 1 unspecified atom stereocenters. The maximum Gasteiger partial charge on any atom is 0.312 e. The van der Waals surface area contributed by atoms with Crippen LogP contribution in [0.1, 0.15) is 24.2 Å². The number of hydrogen-bond donors (Lipinski definition) is 1. The zero-order valence-corrected chi connectivity index (χ0v) is 13.3. The van der Waals surface area contributed by atoms with Gasteiger partial charge in [0.15, 0.2) is 5.78 Å². The molecule has 0 aliphatic heterocycles. The molecule has 0 saturated carbocycles. The summed E-state index contributed by atoms with van der Waals surface area (Å²) in [5.74, 6) is -0.514. The predicted octanol–water partition coefficient (Wildman–Crippen LogP) is 2.34. The zero-order chi connectivity index (χ0) is 16.0. The lowest BCUT2D eigenvalue weighted by Crippen LogP contribution is -2.24. The Balaban J connectivity index is 3.02. The molecular formula is C13H16BrNO6. The second-order valence-electron chi connectivity index (χ2n) is 4.24. The summed E-state index contributed by atoms with van der Waals surface area (Å²) in [7, 11) is 0. The highest BCUT2D eigenvalue weighted by Gasteiger charge is 2.24. The number of aliphatic hydroxyl groups excluding tert-OH is 1. The minimum Gasteiger partial charge on any atom is -0.483 e. The lowest BCUT2D eigenvalue weighted by molar-refractivity contribution is -0.386. The van der Waals surface area contributed by atoms with Crippen molar-refractivity contribution in [2.75, 3.05) is 19.8 Å². The number of ketones is 1. The average Bonchev–Trinajstić information content (AvgIpc) is 2.42. The minimum absolute atomic E-state index is 0.0518. The van der Waals surface area contributed by atoms with Crippen LogP contribution >= 0.6 is 15.9 Å². The van der Waals surface area contributed by atoms with Crippen LogP contribution < -0.4 is 4.74 Å². The van der Waals surface area contributed by atoms with Crippen LogP contribution in [0.25, 0.3) is 0 Å². The summed E-state index contributed by atoms with van der Waals surface area (Å²) in [4.78, 5) is 22.0. The molecule has 8 heteroatoms. The lowest BCUT2D eigenvalue weighted by Gasteiger charge is -2.14. The van der Waals surface area contributed by atoms with Crippen LogP contribution in [0.2, 0.25) is 0 Å². The molecule has 7 nitrogen and oxygen atoms in total. The Bertz CT molecular complexity index is 498. The molecule has 1 rings (SSSR count). The van der Waals surface area contributed by atoms with Crippen molar-refractivity contribution in [1.82, 2.24) is 0 Å². The van der Waals surface area contributed by atoms with Crippen LogP contribution in [-0.2, 0) is 4.74 Å². The van der Waals surface area contributed by atoms with Crippen LogP contribution in [0, 0.1) is 10.1 Å². The molecule has 0 saturated heterocycles. The Morgan fingerprint density at radius 1 is 1.48 bits per heavy atom. The number of carbonyl (C=O) groups is 1. The summed E-state index contributed by atoms with van der Waals surface area (Å²) >= 11 is 3.12. The molecule has 0 amide bonds. The molecule has 0 bridgehead atoms. The Morgan fingerprint density at radius 3 is 2.67 bits per heavy atom. The molecule has 1 aromatic carbocycles. The van der Waals surface area contributed by atoms with Crippen LogP contribution in [-0.4, -0.2) is 41.7 Å². The normalized spacial score (nSPS) is 12.0. The number of aliphatic hydroxyl groups is 1. The fourth-order valence-electron chi connectivity index (χ4n) is 1.61. The highest BCUT2D eigenvalue weighted by molar-refractivity contribution is 9.10. The van der Waals surface area contributed by atoms with Crippen molar-refractivity contribution >= 4 is 27.4 Å². The lowest BCUT2D eigenvalue weighted by atomic mass is 10.1. The quantitative estimate of drug-likeness (QED) is 0.433. The van der Waals surface area contributed by atoms with Gasteiger partial charge in [0.05, 0.1) is 17.1 Å². The van der Waals surface area contributed by atoms with Crippen LogP contribution in [0.3, 0.4) is 0 Å². The van der Waals surface area contributed by atoms with E-state index < -0.39 is 11.0 Å². The van der Waals surface area contributed by atoms with Crippen LogP contribution in [0.15, 0.2) is 16.6 Å². The topological polar surface area (TPSA) is 98.9 Å². The average molecular weight is 362 g/mol. The summed E-state index contributed by atoms with van der Waals surface area (Å²) in [6.45, 7) is 3.35. The summed E-state index contributed by atoms with van der Waals surface area (Å²) in [6, 6.07) is 2.69. The van der Waals surface area contributed by atoms with Gasteiger partial charge in [0.25, 0.3) is 0 Å². The van der Waals surface area contributed by atoms with Gasteiger partial charge >= 0.3 is 5.69 Å². The Morgan fingerprint density at radius 2 is 2.14 bits per heavy atom. The first-order valence-electron chi connectivity index (χ1n) is 6.24. The molecule has 1 atom stereocenters. The van der Waals surface area contributed by atoms with Crippen molar-refractivity contribution in [2.45, 2.75) is 20.0 Å². The van der Waals surface area contributed by atoms with Gasteiger partial charge in [-0.1, -0.05) is 15.9 Å². The van der Waals surface area contributed by atoms with E-state index in [4.69, 9.17) is 9.47 Å². The number of hydrogen-bond acceptors (Lipinski definition) is 6. The third-order valence-corrected chi connectivity index (χ3v) is 3.00. The van der Waals surface area contributed by atoms with Crippen molar-refractivity contribution < 1.29 is 24.3 Å². The zero-order valence-electron chi connectivity index (χ0n) is 11.7. The number of Topliss-reactive ketones (excluding diaryl/α,β-unsaturated/α-hetero) is 1. The molecule has 0 heterocycles. The monoisotopic (exact) mass is 361 g/mol. The molecule has 0 spiro atoms. The SMILES string of the molecule is CCOCC(O)COc1c(C(C)=O)cc(Br)cc1[N+](=O)[O-]. The second-order valence-corrected chi connectivity index (χ2v) is 5.15. The summed E-state index contributed by atoms with van der Waals surface area (Å²) in [5.41, 5.74) is -0.252. The number of nitro benzene ring substituents is 1. The summed E-state index contributed by atoms with van der Waals surface area (Å²) in [5, 5.41) is 20.7. The molecule has 0 aliphatic carbocycles. The van der Waals surface area contributed by atoms with E-state index in [0.29, 0.717) is 11.1 Å². The standard InChI is InChI=1S/C13H16BrNO6/c1-3-20-6-10(17)7-21-13-11(8(2)16)4-9(14)5-12(13)15(18)19/h4-5,10,17H,3,6-7H2,1-2H3. The van der Waals surface area contributed by atoms with Crippen molar-refractivity contribution in [2.24, 2.45) is 0 Å². The Labute approximate surface area is 130 Å². The van der Waals surface area contributed by atoms with E-state index in [1.165, 1.54) is 19.1 Å². The molecule has 0 aliphatic rings. The van der Waals surface area contributed by atoms with Crippen molar-refractivity contribution in [1.29, 1.82) is 0 Å². The molecule has 0 radical (unpaired) electrons. The summed E-state index contributed by atoms with van der Waals surface area (Å²) in [6.07, 6.45) is -0.937. The van der Waals surface area contributed by atoms with Crippen LogP contribution in [0.5, 0.6) is 5.75 Å². The van der Waals surface area contributed by atoms with E-state index >= 15 is 0 Å². The summed E-state index contributed by atoms with van der Waals surface area (Å²) < 4.78 is 10.7. The van der Waals surface area contributed by atoms with Gasteiger partial charge in [-0.15, -0.1) is 0 Å². The maximum absolute atomic E-state index is 11.6. The van der Waals surface area contributed by atoms with Crippen LogP contribution in [0.4, 0.5) is 5.69 Å². The number of nitrogens with zero attached hydrogens (tertiary/aromatic N) is 1. The van der Waals surface area contributed by atoms with Crippen molar-refractivity contribution in [3.63, 3.8) is 0 Å². The number of carbonyl (C=O) groups excluding carboxylic acids is 1. The Hall–Kier alpha value is -1.51. The van der Waals surface area contributed by atoms with Gasteiger partial charge in [0.2, 0.25) is 5.75 Å². The van der Waals surface area contributed by atoms with Gasteiger partial charge in [-0.25, -0.2) is 0 Å². The molecule has 116 valence electrons. The van der Waals surface area contributed by atoms with E-state index in [0.717, 1.165) is 0 Å². The van der Waals surface area contributed by atoms with E-state index in [9.17, 15) is 20.0 Å². The fourth-order valence-corrected chi connectivity index (χ4v) is 2.06. The third-order valence-electron chi connectivity index (χ3n) is 2.54. The highest BCUT2D eigenvalue weighted by Crippen LogP contribution is 2.35. The number of halogens is 1. The molecule has 1 aromatic rings. The van der Waals surface area contributed by atoms with E-state index in [-0.39, 0.29) is 36.0 Å². The van der Waals surface area contributed by atoms with E-state index in [1.807, 2.05) is 0 Å². The predicted molar refractivity (Wildman–Crippen MR) is 78.8 cm³/mol. The van der Waals surface area contributed by atoms with Gasteiger partial charge < -0.3 is 14.6 Å². The van der Waals surface area contributed by atoms with Gasteiger partial charge in [0.1, 0.15) is 12.7 Å². The highest BCUT2D eigenvalue weighted by atomic mass is 79.9. The van der Waals surface area contributed by atoms with Gasteiger partial charge in [-0.05, 0) is 19.9 Å². The first kappa shape index (κ1) is 17.5. The second kappa shape index (κ2) is 8.06. The first-order valence-corrected chi connectivity index (χ1v) is 7.03. The van der Waals surface area contributed by atoms with Gasteiger partial charge in [-0.3, -0.25) is 14.9 Å². The van der Waals surface area contributed by atoms with E-state index in [2.05, 4.69) is 15.9 Å². The first-order chi connectivity index (χ1) is 9.86. The molecule has 21 heavy (non-hydrogen) atoms. The van der Waals surface area contributed by atoms with E-state index in [1.54, 1.807) is 6.92 Å². The smallest absolute Gasteiger partial charge is 0.312 e. The minimum atomic E-state index is -0.937. The Kier molecular flexibility index (Phi) is 6.73. The number of nitro groups is 1. The number of rotatable bonds is 8. The molecule has 0 aromatic heterocycles. The maximum atomic E-state index is 11.6. The van der Waals surface area contributed by atoms with Crippen molar-refractivity contribution in [3.8, 4) is 5.75 Å². The molecule has 0 fully saturated rings. The largest absolute Gasteiger partial charge is 0.483 e. The number of ether oxygens (including phenoxy) is 2. The van der Waals surface area contributed by atoms with Gasteiger partial charge in [0, 0.05) is 17.1 Å². The molecular weight excluding hydrogens is 346 g/mol. The fraction of sp³-hybridized carbons (Fsp3) is 0.462. The number of benzene rings is 1. The third kappa shape index (κ3) is 5.07. The van der Waals surface area contributed by atoms with Gasteiger partial charge in [-0.2, -0.15) is 0 Å². The molecule has 1 N–H and O–H groups in total. The van der Waals surface area contributed by atoms with Crippen molar-refractivity contribution in [3.05, 3.63) is 32.3 Å².